The average Bonchev–Trinajstić information content (AvgIpc) is 2.33. The van der Waals surface area contributed by atoms with E-state index in [2.05, 4.69) is 41.3 Å². The maximum absolute atomic E-state index is 8.81. The fourth-order valence-electron chi connectivity index (χ4n) is 2.48. The van der Waals surface area contributed by atoms with E-state index in [0.717, 1.165) is 13.0 Å². The number of rotatable bonds is 3. The molecule has 0 unspecified atom stereocenters. The normalized spacial score (nSPS) is 21.6. The van der Waals surface area contributed by atoms with Crippen molar-refractivity contribution in [3.05, 3.63) is 35.9 Å². The second-order valence-electron chi connectivity index (χ2n) is 4.47. The van der Waals surface area contributed by atoms with E-state index < -0.39 is 0 Å². The van der Waals surface area contributed by atoms with Crippen molar-refractivity contribution in [3.8, 4) is 6.07 Å². The third kappa shape index (κ3) is 2.84. The van der Waals surface area contributed by atoms with Crippen LogP contribution in [-0.4, -0.2) is 24.0 Å². The fourth-order valence-corrected chi connectivity index (χ4v) is 2.48. The third-order valence-corrected chi connectivity index (χ3v) is 3.34. The molecule has 1 aliphatic heterocycles. The summed E-state index contributed by atoms with van der Waals surface area (Å²) in [4.78, 5) is 2.33. The Morgan fingerprint density at radius 1 is 1.25 bits per heavy atom. The van der Waals surface area contributed by atoms with Gasteiger partial charge in [-0.1, -0.05) is 36.8 Å². The minimum absolute atomic E-state index is 0.566. The van der Waals surface area contributed by atoms with Crippen LogP contribution in [0.4, 0.5) is 0 Å². The zero-order valence-corrected chi connectivity index (χ0v) is 9.60. The van der Waals surface area contributed by atoms with Crippen LogP contribution in [0.3, 0.4) is 0 Å². The number of hydrogen-bond donors (Lipinski definition) is 0. The van der Waals surface area contributed by atoms with E-state index in [4.69, 9.17) is 5.26 Å². The summed E-state index contributed by atoms with van der Waals surface area (Å²) < 4.78 is 0. The number of benzene rings is 1. The molecule has 0 bridgehead atoms. The molecule has 2 heteroatoms. The minimum atomic E-state index is 0.566. The second-order valence-corrected chi connectivity index (χ2v) is 4.47. The zero-order valence-electron chi connectivity index (χ0n) is 9.60. The highest BCUT2D eigenvalue weighted by molar-refractivity contribution is 5.16. The zero-order chi connectivity index (χ0) is 11.2. The molecule has 1 fully saturated rings. The van der Waals surface area contributed by atoms with Crippen LogP contribution >= 0.6 is 0 Å². The van der Waals surface area contributed by atoms with Gasteiger partial charge in [0.25, 0.3) is 0 Å². The Kier molecular flexibility index (Phi) is 3.96. The summed E-state index contributed by atoms with van der Waals surface area (Å²) in [6.07, 6.45) is 4.87. The predicted octanol–water partition coefficient (Wildman–Crippen LogP) is 2.61. The molecule has 0 saturated carbocycles. The van der Waals surface area contributed by atoms with E-state index in [1.807, 2.05) is 0 Å². The van der Waals surface area contributed by atoms with Gasteiger partial charge in [-0.05, 0) is 31.4 Å². The first-order chi connectivity index (χ1) is 7.90. The van der Waals surface area contributed by atoms with Crippen LogP contribution in [0.25, 0.3) is 0 Å². The van der Waals surface area contributed by atoms with Crippen LogP contribution in [0.15, 0.2) is 30.3 Å². The van der Waals surface area contributed by atoms with E-state index in [-0.39, 0.29) is 0 Å². The third-order valence-electron chi connectivity index (χ3n) is 3.34. The molecule has 2 rings (SSSR count). The van der Waals surface area contributed by atoms with Crippen molar-refractivity contribution < 1.29 is 0 Å². The van der Waals surface area contributed by atoms with Gasteiger partial charge in [-0.15, -0.1) is 0 Å². The lowest BCUT2D eigenvalue weighted by molar-refractivity contribution is 0.166. The molecule has 1 aromatic carbocycles. The molecule has 1 atom stereocenters. The summed E-state index contributed by atoms with van der Waals surface area (Å²) in [7, 11) is 0. The number of nitriles is 1. The van der Waals surface area contributed by atoms with E-state index >= 15 is 0 Å². The molecule has 1 heterocycles. The van der Waals surface area contributed by atoms with Crippen molar-refractivity contribution >= 4 is 0 Å². The van der Waals surface area contributed by atoms with Crippen LogP contribution in [0.1, 0.15) is 24.8 Å². The maximum Gasteiger partial charge on any atom is 0.0868 e. The van der Waals surface area contributed by atoms with Crippen molar-refractivity contribution in [2.45, 2.75) is 31.7 Å². The van der Waals surface area contributed by atoms with Crippen LogP contribution in [0.2, 0.25) is 0 Å². The predicted molar refractivity (Wildman–Crippen MR) is 65.0 cm³/mol. The first-order valence-electron chi connectivity index (χ1n) is 6.05. The van der Waals surface area contributed by atoms with Crippen LogP contribution in [0, 0.1) is 11.3 Å². The average molecular weight is 214 g/mol. The quantitative estimate of drug-likeness (QED) is 0.723. The van der Waals surface area contributed by atoms with Gasteiger partial charge in [-0.2, -0.15) is 5.26 Å². The highest BCUT2D eigenvalue weighted by atomic mass is 15.2. The van der Waals surface area contributed by atoms with Crippen LogP contribution in [-0.2, 0) is 6.42 Å². The molecular formula is C14H18N2. The van der Waals surface area contributed by atoms with Crippen LogP contribution in [0.5, 0.6) is 0 Å². The van der Waals surface area contributed by atoms with E-state index in [1.54, 1.807) is 0 Å². The van der Waals surface area contributed by atoms with Gasteiger partial charge in [0.2, 0.25) is 0 Å². The van der Waals surface area contributed by atoms with Gasteiger partial charge in [-0.25, -0.2) is 0 Å². The molecular weight excluding hydrogens is 196 g/mol. The van der Waals surface area contributed by atoms with Gasteiger partial charge < -0.3 is 0 Å². The second kappa shape index (κ2) is 5.67. The van der Waals surface area contributed by atoms with Crippen molar-refractivity contribution in [1.29, 1.82) is 5.26 Å². The lowest BCUT2D eigenvalue weighted by Crippen LogP contribution is -2.40. The summed E-state index contributed by atoms with van der Waals surface area (Å²) >= 11 is 0. The van der Waals surface area contributed by atoms with E-state index in [9.17, 15) is 0 Å². The number of nitrogens with zero attached hydrogens (tertiary/aromatic N) is 2. The monoisotopic (exact) mass is 214 g/mol. The molecule has 1 saturated heterocycles. The van der Waals surface area contributed by atoms with Crippen molar-refractivity contribution in [2.24, 2.45) is 0 Å². The Bertz CT molecular complexity index is 353. The van der Waals surface area contributed by atoms with Crippen LogP contribution < -0.4 is 0 Å². The molecule has 0 amide bonds. The summed E-state index contributed by atoms with van der Waals surface area (Å²) in [5.74, 6) is 0. The van der Waals surface area contributed by atoms with E-state index in [0.29, 0.717) is 12.6 Å². The molecule has 1 aromatic rings. The largest absolute Gasteiger partial charge is 0.287 e. The Labute approximate surface area is 97.5 Å². The van der Waals surface area contributed by atoms with Gasteiger partial charge in [0.05, 0.1) is 12.6 Å². The van der Waals surface area contributed by atoms with Gasteiger partial charge in [-0.3, -0.25) is 4.90 Å². The Morgan fingerprint density at radius 2 is 2.06 bits per heavy atom. The van der Waals surface area contributed by atoms with E-state index in [1.165, 1.54) is 24.8 Å². The molecule has 0 N–H and O–H groups in total. The van der Waals surface area contributed by atoms with Crippen molar-refractivity contribution in [3.63, 3.8) is 0 Å². The van der Waals surface area contributed by atoms with Crippen molar-refractivity contribution in [1.82, 2.24) is 4.90 Å². The number of piperidine rings is 1. The molecule has 16 heavy (non-hydrogen) atoms. The molecule has 2 nitrogen and oxygen atoms in total. The standard InChI is InChI=1S/C14H18N2/c15-9-11-16-10-5-4-8-14(16)12-13-6-2-1-3-7-13/h1-3,6-7,14H,4-5,8,10-12H2/t14-/m0/s1. The van der Waals surface area contributed by atoms with Crippen molar-refractivity contribution in [2.75, 3.05) is 13.1 Å². The SMILES string of the molecule is N#CCN1CCCC[C@H]1Cc1ccccc1. The Hall–Kier alpha value is -1.33. The first-order valence-corrected chi connectivity index (χ1v) is 6.05. The van der Waals surface area contributed by atoms with Gasteiger partial charge in [0.15, 0.2) is 0 Å². The molecule has 1 aliphatic rings. The first kappa shape index (κ1) is 11.2. The molecule has 0 radical (unpaired) electrons. The summed E-state index contributed by atoms with van der Waals surface area (Å²) in [6, 6.07) is 13.4. The summed E-state index contributed by atoms with van der Waals surface area (Å²) in [5, 5.41) is 8.81. The van der Waals surface area contributed by atoms with Gasteiger partial charge in [0, 0.05) is 6.04 Å². The summed E-state index contributed by atoms with van der Waals surface area (Å²) in [5.41, 5.74) is 1.39. The lowest BCUT2D eigenvalue weighted by Gasteiger charge is -2.34. The molecule has 0 aromatic heterocycles. The highest BCUT2D eigenvalue weighted by Gasteiger charge is 2.21. The maximum atomic E-state index is 8.81. The highest BCUT2D eigenvalue weighted by Crippen LogP contribution is 2.20. The molecule has 84 valence electrons. The number of likely N-dealkylation sites (tertiary alicyclic amines) is 1. The molecule has 0 aliphatic carbocycles. The fraction of sp³-hybridized carbons (Fsp3) is 0.500. The van der Waals surface area contributed by atoms with Gasteiger partial charge >= 0.3 is 0 Å². The van der Waals surface area contributed by atoms with Gasteiger partial charge in [0.1, 0.15) is 0 Å². The summed E-state index contributed by atoms with van der Waals surface area (Å²) in [6.45, 7) is 1.67. The Morgan fingerprint density at radius 3 is 2.81 bits per heavy atom. The topological polar surface area (TPSA) is 27.0 Å². The Balaban J connectivity index is 1.99. The number of hydrogen-bond acceptors (Lipinski definition) is 2. The lowest BCUT2D eigenvalue weighted by atomic mass is 9.96. The molecule has 0 spiro atoms. The minimum Gasteiger partial charge on any atom is -0.287 e. The smallest absolute Gasteiger partial charge is 0.0868 e.